The third-order valence-electron chi connectivity index (χ3n) is 5.95. The zero-order valence-corrected chi connectivity index (χ0v) is 18.3. The smallest absolute Gasteiger partial charge is 0.161 e. The van der Waals surface area contributed by atoms with Crippen molar-refractivity contribution in [3.05, 3.63) is 80.4 Å². The Labute approximate surface area is 176 Å². The van der Waals surface area contributed by atoms with Crippen molar-refractivity contribution in [2.24, 2.45) is 4.99 Å². The van der Waals surface area contributed by atoms with Crippen molar-refractivity contribution < 1.29 is 9.90 Å². The van der Waals surface area contributed by atoms with E-state index in [1.165, 1.54) is 0 Å². The highest BCUT2D eigenvalue weighted by Crippen LogP contribution is 2.35. The van der Waals surface area contributed by atoms with Gasteiger partial charge in [0.05, 0.1) is 23.2 Å². The van der Waals surface area contributed by atoms with Gasteiger partial charge in [0.15, 0.2) is 5.78 Å². The molecule has 5 nitrogen and oxygen atoms in total. The number of Topliss-reactive ketones (excluding diaryl/α,β-unsaturated/α-hetero) is 1. The van der Waals surface area contributed by atoms with E-state index in [1.54, 1.807) is 13.8 Å². The van der Waals surface area contributed by atoms with Gasteiger partial charge in [-0.2, -0.15) is 0 Å². The van der Waals surface area contributed by atoms with Gasteiger partial charge in [-0.05, 0) is 58.7 Å². The van der Waals surface area contributed by atoms with E-state index in [0.29, 0.717) is 0 Å². The number of aryl methyl sites for hydroxylation is 2. The molecule has 3 N–H and O–H groups in total. The number of hydrogen-bond acceptors (Lipinski definition) is 3. The predicted octanol–water partition coefficient (Wildman–Crippen LogP) is 5.18. The normalized spacial score (nSPS) is 15.4. The molecule has 154 valence electrons. The van der Waals surface area contributed by atoms with E-state index in [4.69, 9.17) is 4.99 Å². The molecule has 0 fully saturated rings. The highest BCUT2D eigenvalue weighted by Gasteiger charge is 2.26. The van der Waals surface area contributed by atoms with Crippen LogP contribution in [0.1, 0.15) is 80.9 Å². The van der Waals surface area contributed by atoms with Crippen LogP contribution < -0.4 is 0 Å². The van der Waals surface area contributed by atoms with Gasteiger partial charge in [-0.3, -0.25) is 4.79 Å². The number of H-pyrrole nitrogens is 2. The molecule has 30 heavy (non-hydrogen) atoms. The lowest BCUT2D eigenvalue weighted by atomic mass is 9.98. The van der Waals surface area contributed by atoms with Crippen molar-refractivity contribution in [2.75, 3.05) is 0 Å². The summed E-state index contributed by atoms with van der Waals surface area (Å²) >= 11 is 0. The summed E-state index contributed by atoms with van der Waals surface area (Å²) in [5, 5.41) is 10.1. The monoisotopic (exact) mass is 401 g/mol. The Morgan fingerprint density at radius 3 is 2.27 bits per heavy atom. The van der Waals surface area contributed by atoms with Crippen LogP contribution >= 0.6 is 0 Å². The van der Waals surface area contributed by atoms with Gasteiger partial charge in [0.25, 0.3) is 0 Å². The fraction of sp³-hybridized carbons (Fsp3) is 0.280. The first-order valence-corrected chi connectivity index (χ1v) is 10.2. The number of aromatic nitrogens is 2. The Morgan fingerprint density at radius 1 is 1.03 bits per heavy atom. The van der Waals surface area contributed by atoms with Crippen LogP contribution in [0.4, 0.5) is 0 Å². The van der Waals surface area contributed by atoms with Crippen LogP contribution in [0.15, 0.2) is 29.3 Å². The highest BCUT2D eigenvalue weighted by molar-refractivity contribution is 6.22. The van der Waals surface area contributed by atoms with Gasteiger partial charge in [0, 0.05) is 39.3 Å². The number of carbonyl (C=O) groups excluding carboxylic acids is 1. The lowest BCUT2D eigenvalue weighted by Crippen LogP contribution is -2.04. The molecular formula is C25H27N3O2. The lowest BCUT2D eigenvalue weighted by molar-refractivity contribution is 0.101. The molecule has 2 aromatic heterocycles. The number of aliphatic hydroxyl groups is 1. The summed E-state index contributed by atoms with van der Waals surface area (Å²) in [5.74, 6) is 0.0540. The zero-order chi connectivity index (χ0) is 21.7. The number of nitrogens with one attached hydrogen (secondary N) is 2. The standard InChI is InChI=1S/C25H27N3O2/c1-12-20(26-14(3)22(12)16(5)29)11-21-18-9-7-8-10-19(18)25(28-21)24-13(2)23(17(6)30)15(4)27-24/h7-11,16,26-27,29H,1-6H3/b21-11-. The predicted molar refractivity (Wildman–Crippen MR) is 121 cm³/mol. The fourth-order valence-electron chi connectivity index (χ4n) is 4.67. The van der Waals surface area contributed by atoms with Crippen LogP contribution in [-0.4, -0.2) is 26.6 Å². The third kappa shape index (κ3) is 3.06. The number of aromatic amines is 2. The molecule has 1 aliphatic heterocycles. The number of fused-ring (bicyclic) bond motifs is 1. The summed E-state index contributed by atoms with van der Waals surface area (Å²) < 4.78 is 0. The van der Waals surface area contributed by atoms with E-state index in [-0.39, 0.29) is 5.78 Å². The molecule has 0 radical (unpaired) electrons. The average molecular weight is 402 g/mol. The molecule has 0 saturated heterocycles. The van der Waals surface area contributed by atoms with E-state index in [0.717, 1.165) is 67.6 Å². The van der Waals surface area contributed by atoms with Gasteiger partial charge >= 0.3 is 0 Å². The first-order chi connectivity index (χ1) is 14.2. The number of nitrogens with zero attached hydrogens (tertiary/aromatic N) is 1. The summed E-state index contributed by atoms with van der Waals surface area (Å²) in [6.45, 7) is 11.3. The Hall–Kier alpha value is -3.18. The minimum Gasteiger partial charge on any atom is -0.389 e. The summed E-state index contributed by atoms with van der Waals surface area (Å²) in [6.07, 6.45) is 1.51. The molecule has 4 rings (SSSR count). The summed E-state index contributed by atoms with van der Waals surface area (Å²) in [7, 11) is 0. The molecule has 1 unspecified atom stereocenters. The molecule has 0 spiro atoms. The summed E-state index contributed by atoms with van der Waals surface area (Å²) in [4.78, 5) is 23.8. The average Bonchev–Trinajstić information content (AvgIpc) is 3.27. The summed E-state index contributed by atoms with van der Waals surface area (Å²) in [5.41, 5.74) is 11.1. The first-order valence-electron chi connectivity index (χ1n) is 10.2. The zero-order valence-electron chi connectivity index (χ0n) is 18.3. The maximum absolute atomic E-state index is 12.1. The largest absolute Gasteiger partial charge is 0.389 e. The molecule has 0 saturated carbocycles. The Morgan fingerprint density at radius 2 is 1.70 bits per heavy atom. The quantitative estimate of drug-likeness (QED) is 0.526. The van der Waals surface area contributed by atoms with Crippen LogP contribution in [-0.2, 0) is 0 Å². The van der Waals surface area contributed by atoms with E-state index >= 15 is 0 Å². The van der Waals surface area contributed by atoms with Gasteiger partial charge in [0.1, 0.15) is 0 Å². The maximum atomic E-state index is 12.1. The van der Waals surface area contributed by atoms with Crippen molar-refractivity contribution in [1.82, 2.24) is 9.97 Å². The second kappa shape index (κ2) is 7.26. The van der Waals surface area contributed by atoms with Crippen molar-refractivity contribution in [1.29, 1.82) is 0 Å². The molecule has 0 bridgehead atoms. The Bertz CT molecular complexity index is 1240. The topological polar surface area (TPSA) is 81.2 Å². The van der Waals surface area contributed by atoms with Crippen molar-refractivity contribution in [3.63, 3.8) is 0 Å². The lowest BCUT2D eigenvalue weighted by Gasteiger charge is -2.05. The number of aliphatic hydroxyl groups excluding tert-OH is 1. The second-order valence-corrected chi connectivity index (χ2v) is 8.10. The fourth-order valence-corrected chi connectivity index (χ4v) is 4.67. The number of aliphatic imine (C=N–C) groups is 1. The van der Waals surface area contributed by atoms with E-state index in [2.05, 4.69) is 22.1 Å². The van der Waals surface area contributed by atoms with Crippen molar-refractivity contribution >= 4 is 23.3 Å². The third-order valence-corrected chi connectivity index (χ3v) is 5.95. The van der Waals surface area contributed by atoms with E-state index in [9.17, 15) is 9.90 Å². The van der Waals surface area contributed by atoms with Crippen LogP contribution in [0, 0.1) is 27.7 Å². The molecule has 0 aliphatic carbocycles. The minimum absolute atomic E-state index is 0.0540. The van der Waals surface area contributed by atoms with Crippen LogP contribution in [0.5, 0.6) is 0 Å². The van der Waals surface area contributed by atoms with E-state index in [1.807, 2.05) is 45.9 Å². The van der Waals surface area contributed by atoms with Gasteiger partial charge in [-0.1, -0.05) is 24.3 Å². The van der Waals surface area contributed by atoms with Crippen LogP contribution in [0.3, 0.4) is 0 Å². The molecule has 1 aliphatic rings. The van der Waals surface area contributed by atoms with Crippen LogP contribution in [0.25, 0.3) is 11.8 Å². The van der Waals surface area contributed by atoms with Gasteiger partial charge in [-0.25, -0.2) is 4.99 Å². The SMILES string of the molecule is CC(=O)c1c(C)[nH]c(C2=N/C(=C\c3[nH]c(C)c(C(C)O)c3C)c3ccccc32)c1C. The van der Waals surface area contributed by atoms with Gasteiger partial charge in [-0.15, -0.1) is 0 Å². The van der Waals surface area contributed by atoms with Crippen LogP contribution in [0.2, 0.25) is 0 Å². The number of hydrogen-bond donors (Lipinski definition) is 3. The number of benzene rings is 1. The van der Waals surface area contributed by atoms with Gasteiger partial charge < -0.3 is 15.1 Å². The number of ketones is 1. The molecule has 0 amide bonds. The number of rotatable bonds is 4. The van der Waals surface area contributed by atoms with Crippen molar-refractivity contribution in [2.45, 2.75) is 47.6 Å². The Kier molecular flexibility index (Phi) is 4.86. The van der Waals surface area contributed by atoms with Gasteiger partial charge in [0.2, 0.25) is 0 Å². The molecule has 1 aromatic carbocycles. The second-order valence-electron chi connectivity index (χ2n) is 8.10. The summed E-state index contributed by atoms with van der Waals surface area (Å²) in [6, 6.07) is 8.14. The van der Waals surface area contributed by atoms with Crippen molar-refractivity contribution in [3.8, 4) is 0 Å². The molecule has 3 aromatic rings. The minimum atomic E-state index is -0.530. The molecule has 1 atom stereocenters. The maximum Gasteiger partial charge on any atom is 0.161 e. The van der Waals surface area contributed by atoms with E-state index < -0.39 is 6.10 Å². The molecular weight excluding hydrogens is 374 g/mol. The highest BCUT2D eigenvalue weighted by atomic mass is 16.3. The Balaban J connectivity index is 1.89. The first kappa shape index (κ1) is 20.1. The molecule has 3 heterocycles. The number of carbonyl (C=O) groups is 1. The molecule has 5 heteroatoms.